The third-order valence-electron chi connectivity index (χ3n) is 4.23. The van der Waals surface area contributed by atoms with Crippen LogP contribution in [0.3, 0.4) is 0 Å². The molecule has 0 aliphatic carbocycles. The normalized spacial score (nSPS) is 12.3. The summed E-state index contributed by atoms with van der Waals surface area (Å²) < 4.78 is 25.7. The first-order valence-corrected chi connectivity index (χ1v) is 10.7. The molecule has 0 saturated carbocycles. The van der Waals surface area contributed by atoms with Crippen molar-refractivity contribution in [1.82, 2.24) is 10.0 Å². The fourth-order valence-electron chi connectivity index (χ4n) is 2.65. The van der Waals surface area contributed by atoms with Gasteiger partial charge in [0.2, 0.25) is 15.9 Å². The summed E-state index contributed by atoms with van der Waals surface area (Å²) in [5.41, 5.74) is 1.03. The molecule has 0 aliphatic rings. The highest BCUT2D eigenvalue weighted by Crippen LogP contribution is 2.35. The van der Waals surface area contributed by atoms with Gasteiger partial charge in [0.25, 0.3) is 0 Å². The molecule has 0 atom stereocenters. The zero-order chi connectivity index (χ0) is 20.9. The van der Waals surface area contributed by atoms with Crippen LogP contribution < -0.4 is 10.0 Å². The topological polar surface area (TPSA) is 75.3 Å². The molecule has 28 heavy (non-hydrogen) atoms. The molecule has 0 spiro atoms. The van der Waals surface area contributed by atoms with E-state index in [2.05, 4.69) is 10.0 Å². The van der Waals surface area contributed by atoms with Gasteiger partial charge in [0, 0.05) is 28.1 Å². The lowest BCUT2D eigenvalue weighted by molar-refractivity contribution is -0.116. The van der Waals surface area contributed by atoms with Crippen LogP contribution in [0.5, 0.6) is 0 Å². The molecule has 2 aromatic carbocycles. The molecule has 5 nitrogen and oxygen atoms in total. The van der Waals surface area contributed by atoms with Crippen molar-refractivity contribution in [2.24, 2.45) is 0 Å². The minimum absolute atomic E-state index is 0.162. The maximum Gasteiger partial charge on any atom is 0.244 e. The van der Waals surface area contributed by atoms with Crippen molar-refractivity contribution in [3.63, 3.8) is 0 Å². The fourth-order valence-corrected chi connectivity index (χ4v) is 4.29. The van der Waals surface area contributed by atoms with Gasteiger partial charge in [0.15, 0.2) is 0 Å². The Balaban J connectivity index is 2.02. The van der Waals surface area contributed by atoms with Gasteiger partial charge in [-0.2, -0.15) is 0 Å². The van der Waals surface area contributed by atoms with Gasteiger partial charge < -0.3 is 5.32 Å². The van der Waals surface area contributed by atoms with Crippen molar-refractivity contribution in [3.05, 3.63) is 69.7 Å². The van der Waals surface area contributed by atoms with Crippen molar-refractivity contribution in [1.29, 1.82) is 0 Å². The number of nitrogens with one attached hydrogen (secondary N) is 2. The predicted octanol–water partition coefficient (Wildman–Crippen LogP) is 4.01. The van der Waals surface area contributed by atoms with Gasteiger partial charge >= 0.3 is 0 Å². The molecule has 0 saturated heterocycles. The molecule has 2 N–H and O–H groups in total. The Labute approximate surface area is 175 Å². The highest BCUT2D eigenvalue weighted by Gasteiger charge is 2.26. The average Bonchev–Trinajstić information content (AvgIpc) is 2.65. The maximum atomic E-state index is 12.2. The number of rotatable bonds is 7. The summed E-state index contributed by atoms with van der Waals surface area (Å²) in [7, 11) is -2.13. The smallest absolute Gasteiger partial charge is 0.244 e. The molecular weight excluding hydrogens is 419 g/mol. The molecule has 150 valence electrons. The lowest BCUT2D eigenvalue weighted by Crippen LogP contribution is -2.36. The van der Waals surface area contributed by atoms with Crippen LogP contribution in [0.2, 0.25) is 10.0 Å². The first-order valence-electron chi connectivity index (χ1n) is 8.51. The number of hydrogen-bond donors (Lipinski definition) is 2. The zero-order valence-corrected chi connectivity index (χ0v) is 18.1. The molecule has 1 amide bonds. The van der Waals surface area contributed by atoms with Gasteiger partial charge in [-0.3, -0.25) is 4.79 Å². The molecule has 0 bridgehead atoms. The minimum Gasteiger partial charge on any atom is -0.352 e. The van der Waals surface area contributed by atoms with E-state index in [1.807, 2.05) is 13.8 Å². The third-order valence-corrected chi connectivity index (χ3v) is 6.29. The largest absolute Gasteiger partial charge is 0.352 e. The van der Waals surface area contributed by atoms with E-state index in [4.69, 9.17) is 23.2 Å². The van der Waals surface area contributed by atoms with E-state index in [1.165, 1.54) is 25.3 Å². The Kier molecular flexibility index (Phi) is 7.28. The van der Waals surface area contributed by atoms with Crippen LogP contribution in [-0.2, 0) is 20.2 Å². The van der Waals surface area contributed by atoms with Gasteiger partial charge in [-0.05, 0) is 48.5 Å². The summed E-state index contributed by atoms with van der Waals surface area (Å²) in [5.74, 6) is -0.275. The van der Waals surface area contributed by atoms with E-state index in [9.17, 15) is 13.2 Å². The van der Waals surface area contributed by atoms with Crippen LogP contribution >= 0.6 is 23.2 Å². The number of carbonyl (C=O) groups excluding carboxylic acids is 1. The van der Waals surface area contributed by atoms with Crippen LogP contribution in [0.15, 0.2) is 53.4 Å². The number of sulfonamides is 1. The van der Waals surface area contributed by atoms with E-state index in [-0.39, 0.29) is 10.8 Å². The second kappa shape index (κ2) is 9.09. The van der Waals surface area contributed by atoms with Crippen molar-refractivity contribution in [2.75, 3.05) is 13.6 Å². The third kappa shape index (κ3) is 5.58. The second-order valence-electron chi connectivity index (χ2n) is 6.81. The zero-order valence-electron chi connectivity index (χ0n) is 15.8. The van der Waals surface area contributed by atoms with Crippen LogP contribution in [0, 0.1) is 0 Å². The molecule has 0 heterocycles. The Morgan fingerprint density at radius 3 is 2.18 bits per heavy atom. The van der Waals surface area contributed by atoms with E-state index < -0.39 is 15.4 Å². The quantitative estimate of drug-likeness (QED) is 0.638. The molecule has 0 fully saturated rings. The van der Waals surface area contributed by atoms with Gasteiger partial charge in [-0.1, -0.05) is 55.2 Å². The minimum atomic E-state index is -3.48. The van der Waals surface area contributed by atoms with Crippen LogP contribution in [-0.4, -0.2) is 27.9 Å². The standard InChI is InChI=1S/C20H22Cl2N2O3S/c1-20(2,19-16(21)5-4-6-17(19)22)13-24-18(25)12-9-14-7-10-15(11-8-14)28(26,27)23-3/h4-12,23H,13H2,1-3H3,(H,24,25)/b12-9+. The van der Waals surface area contributed by atoms with Crippen LogP contribution in [0.4, 0.5) is 0 Å². The summed E-state index contributed by atoms with van der Waals surface area (Å²) in [5, 5.41) is 3.95. The highest BCUT2D eigenvalue weighted by molar-refractivity contribution is 7.89. The molecule has 0 unspecified atom stereocenters. The SMILES string of the molecule is CNS(=O)(=O)c1ccc(/C=C/C(=O)NCC(C)(C)c2c(Cl)cccc2Cl)cc1. The summed E-state index contributed by atoms with van der Waals surface area (Å²) in [6.07, 6.45) is 3.01. The van der Waals surface area contributed by atoms with E-state index in [0.29, 0.717) is 22.2 Å². The Morgan fingerprint density at radius 2 is 1.64 bits per heavy atom. The Morgan fingerprint density at radius 1 is 1.07 bits per heavy atom. The number of halogens is 2. The Bertz CT molecular complexity index is 965. The monoisotopic (exact) mass is 440 g/mol. The summed E-state index contributed by atoms with van der Waals surface area (Å²) in [6, 6.07) is 11.5. The average molecular weight is 441 g/mol. The Hall–Kier alpha value is -1.86. The summed E-state index contributed by atoms with van der Waals surface area (Å²) in [4.78, 5) is 12.3. The lowest BCUT2D eigenvalue weighted by Gasteiger charge is -2.27. The first kappa shape index (κ1) is 22.4. The van der Waals surface area contributed by atoms with Crippen molar-refractivity contribution in [2.45, 2.75) is 24.2 Å². The second-order valence-corrected chi connectivity index (χ2v) is 9.51. The van der Waals surface area contributed by atoms with Gasteiger partial charge in [0.1, 0.15) is 0 Å². The number of benzene rings is 2. The van der Waals surface area contributed by atoms with E-state index >= 15 is 0 Å². The lowest BCUT2D eigenvalue weighted by atomic mass is 9.84. The van der Waals surface area contributed by atoms with Gasteiger partial charge in [-0.25, -0.2) is 13.1 Å². The number of hydrogen-bond acceptors (Lipinski definition) is 3. The molecule has 0 aliphatic heterocycles. The number of carbonyl (C=O) groups is 1. The highest BCUT2D eigenvalue weighted by atomic mass is 35.5. The molecule has 0 radical (unpaired) electrons. The van der Waals surface area contributed by atoms with Crippen molar-refractivity contribution >= 4 is 45.2 Å². The summed E-state index contributed by atoms with van der Waals surface area (Å²) >= 11 is 12.5. The fraction of sp³-hybridized carbons (Fsp3) is 0.250. The van der Waals surface area contributed by atoms with E-state index in [0.717, 1.165) is 5.56 Å². The van der Waals surface area contributed by atoms with E-state index in [1.54, 1.807) is 36.4 Å². The maximum absolute atomic E-state index is 12.2. The van der Waals surface area contributed by atoms with Crippen LogP contribution in [0.25, 0.3) is 6.08 Å². The molecule has 0 aromatic heterocycles. The predicted molar refractivity (Wildman–Crippen MR) is 114 cm³/mol. The number of amides is 1. The van der Waals surface area contributed by atoms with Crippen molar-refractivity contribution in [3.8, 4) is 0 Å². The molecule has 2 rings (SSSR count). The molecule has 2 aromatic rings. The first-order chi connectivity index (χ1) is 13.1. The van der Waals surface area contributed by atoms with Crippen LogP contribution in [0.1, 0.15) is 25.0 Å². The van der Waals surface area contributed by atoms with Gasteiger partial charge in [0.05, 0.1) is 4.90 Å². The van der Waals surface area contributed by atoms with Gasteiger partial charge in [-0.15, -0.1) is 0 Å². The summed E-state index contributed by atoms with van der Waals surface area (Å²) in [6.45, 7) is 4.25. The molecular formula is C20H22Cl2N2O3S. The molecule has 8 heteroatoms. The van der Waals surface area contributed by atoms with Crippen molar-refractivity contribution < 1.29 is 13.2 Å².